The fourth-order valence-corrected chi connectivity index (χ4v) is 3.97. The van der Waals surface area contributed by atoms with Gasteiger partial charge in [-0.2, -0.15) is 4.31 Å². The Kier molecular flexibility index (Phi) is 5.07. The third-order valence-corrected chi connectivity index (χ3v) is 6.13. The zero-order valence-corrected chi connectivity index (χ0v) is 14.0. The molecule has 0 spiro atoms. The highest BCUT2D eigenvalue weighted by Crippen LogP contribution is 2.32. The van der Waals surface area contributed by atoms with E-state index in [0.29, 0.717) is 18.0 Å². The minimum Gasteiger partial charge on any atom is -0.313 e. The van der Waals surface area contributed by atoms with E-state index in [1.807, 2.05) is 12.1 Å². The summed E-state index contributed by atoms with van der Waals surface area (Å²) in [6, 6.07) is 7.23. The molecule has 0 unspecified atom stereocenters. The van der Waals surface area contributed by atoms with E-state index in [1.54, 1.807) is 16.4 Å². The van der Waals surface area contributed by atoms with Crippen LogP contribution in [0.1, 0.15) is 39.2 Å². The molecule has 118 valence electrons. The first kappa shape index (κ1) is 16.5. The second kappa shape index (κ2) is 6.46. The van der Waals surface area contributed by atoms with Crippen molar-refractivity contribution in [2.24, 2.45) is 5.41 Å². The van der Waals surface area contributed by atoms with Crippen LogP contribution in [0.4, 0.5) is 0 Å². The fraction of sp³-hybridized carbons (Fsp3) is 0.625. The Morgan fingerprint density at radius 1 is 1.14 bits per heavy atom. The molecule has 1 heterocycles. The number of piperidine rings is 1. The van der Waals surface area contributed by atoms with E-state index < -0.39 is 10.0 Å². The van der Waals surface area contributed by atoms with Crippen LogP contribution in [0.15, 0.2) is 29.2 Å². The Bertz CT molecular complexity index is 554. The molecule has 0 aliphatic carbocycles. The Hall–Kier alpha value is -0.910. The molecule has 0 bridgehead atoms. The highest BCUT2D eigenvalue weighted by Gasteiger charge is 2.32. The van der Waals surface area contributed by atoms with Gasteiger partial charge in [-0.05, 0) is 42.5 Å². The summed E-state index contributed by atoms with van der Waals surface area (Å²) >= 11 is 0. The first-order valence-corrected chi connectivity index (χ1v) is 9.09. The predicted molar refractivity (Wildman–Crippen MR) is 85.6 cm³/mol. The lowest BCUT2D eigenvalue weighted by Gasteiger charge is -2.36. The molecule has 0 radical (unpaired) electrons. The van der Waals surface area contributed by atoms with Gasteiger partial charge in [-0.25, -0.2) is 8.42 Å². The molecule has 5 heteroatoms. The first-order chi connectivity index (χ1) is 9.85. The summed E-state index contributed by atoms with van der Waals surface area (Å²) in [6.07, 6.45) is 1.84. The summed E-state index contributed by atoms with van der Waals surface area (Å²) in [6.45, 7) is 9.37. The van der Waals surface area contributed by atoms with E-state index in [4.69, 9.17) is 0 Å². The summed E-state index contributed by atoms with van der Waals surface area (Å²) in [5, 5.41) is 3.24. The van der Waals surface area contributed by atoms with Gasteiger partial charge in [0.25, 0.3) is 0 Å². The van der Waals surface area contributed by atoms with Gasteiger partial charge in [0, 0.05) is 19.6 Å². The van der Waals surface area contributed by atoms with Crippen molar-refractivity contribution in [3.63, 3.8) is 0 Å². The number of nitrogens with one attached hydrogen (secondary N) is 1. The smallest absolute Gasteiger partial charge is 0.243 e. The maximum absolute atomic E-state index is 12.6. The summed E-state index contributed by atoms with van der Waals surface area (Å²) < 4.78 is 26.9. The standard InChI is InChI=1S/C16H26N2O2S/c1-4-17-13-14-5-7-15(8-6-14)21(19,20)18-11-9-16(2,3)10-12-18/h5-8,17H,4,9-13H2,1-3H3. The molecule has 1 saturated heterocycles. The van der Waals surface area contributed by atoms with Crippen LogP contribution in [-0.2, 0) is 16.6 Å². The Balaban J connectivity index is 2.09. The molecule has 1 fully saturated rings. The summed E-state index contributed by atoms with van der Waals surface area (Å²) in [7, 11) is -3.34. The van der Waals surface area contributed by atoms with E-state index in [2.05, 4.69) is 26.1 Å². The maximum atomic E-state index is 12.6. The fourth-order valence-electron chi connectivity index (χ4n) is 2.53. The zero-order chi connectivity index (χ0) is 15.5. The van der Waals surface area contributed by atoms with Crippen molar-refractivity contribution in [1.29, 1.82) is 0 Å². The molecule has 4 nitrogen and oxygen atoms in total. The minimum absolute atomic E-state index is 0.252. The van der Waals surface area contributed by atoms with Crippen molar-refractivity contribution >= 4 is 10.0 Å². The van der Waals surface area contributed by atoms with Crippen LogP contribution in [0, 0.1) is 5.41 Å². The van der Waals surface area contributed by atoms with Gasteiger partial charge >= 0.3 is 0 Å². The zero-order valence-electron chi connectivity index (χ0n) is 13.2. The molecule has 1 N–H and O–H groups in total. The number of benzene rings is 1. The molecule has 1 aromatic carbocycles. The normalized spacial score (nSPS) is 19.6. The van der Waals surface area contributed by atoms with Gasteiger partial charge in [-0.1, -0.05) is 32.9 Å². The van der Waals surface area contributed by atoms with Crippen molar-refractivity contribution in [2.45, 2.75) is 45.1 Å². The van der Waals surface area contributed by atoms with Crippen molar-refractivity contribution in [2.75, 3.05) is 19.6 Å². The second-order valence-electron chi connectivity index (χ2n) is 6.49. The van der Waals surface area contributed by atoms with Gasteiger partial charge < -0.3 is 5.32 Å². The third-order valence-electron chi connectivity index (χ3n) is 4.22. The average Bonchev–Trinajstić information content (AvgIpc) is 2.45. The van der Waals surface area contributed by atoms with Crippen LogP contribution in [0.25, 0.3) is 0 Å². The summed E-state index contributed by atoms with van der Waals surface area (Å²) in [4.78, 5) is 0.405. The Morgan fingerprint density at radius 3 is 2.24 bits per heavy atom. The second-order valence-corrected chi connectivity index (χ2v) is 8.43. The van der Waals surface area contributed by atoms with E-state index in [9.17, 15) is 8.42 Å². The van der Waals surface area contributed by atoms with Crippen molar-refractivity contribution in [3.8, 4) is 0 Å². The number of rotatable bonds is 5. The largest absolute Gasteiger partial charge is 0.313 e. The summed E-state index contributed by atoms with van der Waals surface area (Å²) in [5.41, 5.74) is 1.36. The number of hydrogen-bond donors (Lipinski definition) is 1. The molecular formula is C16H26N2O2S. The predicted octanol–water partition coefficient (Wildman–Crippen LogP) is 2.61. The van der Waals surface area contributed by atoms with Crippen LogP contribution < -0.4 is 5.32 Å². The average molecular weight is 310 g/mol. The van der Waals surface area contributed by atoms with Gasteiger partial charge in [-0.3, -0.25) is 0 Å². The maximum Gasteiger partial charge on any atom is 0.243 e. The number of hydrogen-bond acceptors (Lipinski definition) is 3. The monoisotopic (exact) mass is 310 g/mol. The Morgan fingerprint density at radius 2 is 1.71 bits per heavy atom. The molecule has 1 aliphatic rings. The molecule has 0 aromatic heterocycles. The van der Waals surface area contributed by atoms with Gasteiger partial charge in [0.05, 0.1) is 4.90 Å². The van der Waals surface area contributed by atoms with Crippen molar-refractivity contribution in [1.82, 2.24) is 9.62 Å². The van der Waals surface area contributed by atoms with Crippen LogP contribution >= 0.6 is 0 Å². The topological polar surface area (TPSA) is 49.4 Å². The first-order valence-electron chi connectivity index (χ1n) is 7.65. The van der Waals surface area contributed by atoms with E-state index in [1.165, 1.54) is 0 Å². The highest BCUT2D eigenvalue weighted by molar-refractivity contribution is 7.89. The van der Waals surface area contributed by atoms with E-state index in [-0.39, 0.29) is 5.41 Å². The molecule has 0 amide bonds. The lowest BCUT2D eigenvalue weighted by molar-refractivity contribution is 0.196. The van der Waals surface area contributed by atoms with Gasteiger partial charge in [0.1, 0.15) is 0 Å². The lowest BCUT2D eigenvalue weighted by atomic mass is 9.83. The van der Waals surface area contributed by atoms with Crippen molar-refractivity contribution < 1.29 is 8.42 Å². The Labute approximate surface area is 128 Å². The molecule has 2 rings (SSSR count). The number of sulfonamides is 1. The van der Waals surface area contributed by atoms with Crippen LogP contribution in [-0.4, -0.2) is 32.4 Å². The van der Waals surface area contributed by atoms with E-state index >= 15 is 0 Å². The van der Waals surface area contributed by atoms with Gasteiger partial charge in [0.2, 0.25) is 10.0 Å². The van der Waals surface area contributed by atoms with Crippen LogP contribution in [0.5, 0.6) is 0 Å². The van der Waals surface area contributed by atoms with Gasteiger partial charge in [-0.15, -0.1) is 0 Å². The quantitative estimate of drug-likeness (QED) is 0.909. The lowest BCUT2D eigenvalue weighted by Crippen LogP contribution is -2.41. The van der Waals surface area contributed by atoms with Crippen molar-refractivity contribution in [3.05, 3.63) is 29.8 Å². The molecule has 1 aromatic rings. The van der Waals surface area contributed by atoms with Crippen LogP contribution in [0.2, 0.25) is 0 Å². The molecule has 1 aliphatic heterocycles. The summed E-state index contributed by atoms with van der Waals surface area (Å²) in [5.74, 6) is 0. The number of nitrogens with zero attached hydrogens (tertiary/aromatic N) is 1. The molecule has 0 saturated carbocycles. The van der Waals surface area contributed by atoms with E-state index in [0.717, 1.165) is 31.5 Å². The third kappa shape index (κ3) is 4.05. The van der Waals surface area contributed by atoms with Crippen LogP contribution in [0.3, 0.4) is 0 Å². The molecule has 21 heavy (non-hydrogen) atoms. The SMILES string of the molecule is CCNCc1ccc(S(=O)(=O)N2CCC(C)(C)CC2)cc1. The van der Waals surface area contributed by atoms with Gasteiger partial charge in [0.15, 0.2) is 0 Å². The highest BCUT2D eigenvalue weighted by atomic mass is 32.2. The molecule has 0 atom stereocenters. The molecular weight excluding hydrogens is 284 g/mol. The minimum atomic E-state index is -3.34.